The highest BCUT2D eigenvalue weighted by Crippen LogP contribution is 2.16. The topological polar surface area (TPSA) is 76.1 Å². The van der Waals surface area contributed by atoms with Crippen LogP contribution < -0.4 is 0 Å². The standard InChI is InChI=1S/C13H25NO5/c1-9(8-15)14(10(16)18-12(2,3)4)11(17)19-13(5,6)7/h9,15H,8H2,1-7H3/t9-/m0/s1. The molecule has 0 saturated carbocycles. The fraction of sp³-hybridized carbons (Fsp3) is 0.846. The van der Waals surface area contributed by atoms with E-state index in [9.17, 15) is 9.59 Å². The van der Waals surface area contributed by atoms with Crippen molar-refractivity contribution in [3.8, 4) is 0 Å². The monoisotopic (exact) mass is 275 g/mol. The van der Waals surface area contributed by atoms with Crippen molar-refractivity contribution in [2.45, 2.75) is 65.7 Å². The number of aliphatic hydroxyl groups excluding tert-OH is 1. The summed E-state index contributed by atoms with van der Waals surface area (Å²) in [7, 11) is 0. The van der Waals surface area contributed by atoms with E-state index in [1.54, 1.807) is 41.5 Å². The third-order valence-corrected chi connectivity index (χ3v) is 1.89. The van der Waals surface area contributed by atoms with Crippen LogP contribution in [-0.2, 0) is 9.47 Å². The second kappa shape index (κ2) is 6.23. The van der Waals surface area contributed by atoms with Gasteiger partial charge in [0.05, 0.1) is 12.6 Å². The molecule has 0 saturated heterocycles. The number of ether oxygens (including phenoxy) is 2. The van der Waals surface area contributed by atoms with Crippen molar-refractivity contribution >= 4 is 12.2 Å². The van der Waals surface area contributed by atoms with Crippen molar-refractivity contribution in [3.05, 3.63) is 0 Å². The van der Waals surface area contributed by atoms with Crippen LogP contribution >= 0.6 is 0 Å². The van der Waals surface area contributed by atoms with E-state index >= 15 is 0 Å². The molecule has 0 spiro atoms. The number of rotatable bonds is 2. The van der Waals surface area contributed by atoms with E-state index in [1.807, 2.05) is 0 Å². The van der Waals surface area contributed by atoms with Crippen molar-refractivity contribution in [3.63, 3.8) is 0 Å². The first-order valence-corrected chi connectivity index (χ1v) is 6.23. The minimum atomic E-state index is -0.830. The second-order valence-electron chi connectivity index (χ2n) is 6.36. The Balaban J connectivity index is 5.02. The maximum atomic E-state index is 12.0. The first-order chi connectivity index (χ1) is 8.37. The van der Waals surface area contributed by atoms with Crippen LogP contribution in [-0.4, -0.2) is 46.0 Å². The van der Waals surface area contributed by atoms with Crippen LogP contribution in [0, 0.1) is 0 Å². The maximum Gasteiger partial charge on any atom is 0.420 e. The van der Waals surface area contributed by atoms with Crippen molar-refractivity contribution < 1.29 is 24.2 Å². The maximum absolute atomic E-state index is 12.0. The van der Waals surface area contributed by atoms with Crippen LogP contribution in [0.4, 0.5) is 9.59 Å². The van der Waals surface area contributed by atoms with E-state index < -0.39 is 29.4 Å². The molecule has 0 aromatic rings. The predicted molar refractivity (Wildman–Crippen MR) is 70.9 cm³/mol. The van der Waals surface area contributed by atoms with Gasteiger partial charge in [-0.3, -0.25) is 0 Å². The molecule has 0 aliphatic heterocycles. The van der Waals surface area contributed by atoms with E-state index in [4.69, 9.17) is 14.6 Å². The highest BCUT2D eigenvalue weighted by molar-refractivity contribution is 5.88. The quantitative estimate of drug-likeness (QED) is 0.838. The molecule has 0 unspecified atom stereocenters. The van der Waals surface area contributed by atoms with Gasteiger partial charge >= 0.3 is 12.2 Å². The van der Waals surface area contributed by atoms with Crippen LogP contribution in [0.5, 0.6) is 0 Å². The Bertz CT molecular complexity index is 299. The fourth-order valence-electron chi connectivity index (χ4n) is 1.14. The molecule has 0 bridgehead atoms. The van der Waals surface area contributed by atoms with Crippen LogP contribution in [0.1, 0.15) is 48.5 Å². The van der Waals surface area contributed by atoms with Crippen LogP contribution in [0.15, 0.2) is 0 Å². The first-order valence-electron chi connectivity index (χ1n) is 6.23. The molecule has 0 aromatic carbocycles. The van der Waals surface area contributed by atoms with Gasteiger partial charge in [0.15, 0.2) is 0 Å². The van der Waals surface area contributed by atoms with E-state index in [0.29, 0.717) is 0 Å². The molecular weight excluding hydrogens is 250 g/mol. The zero-order valence-corrected chi connectivity index (χ0v) is 12.8. The van der Waals surface area contributed by atoms with Gasteiger partial charge in [-0.15, -0.1) is 0 Å². The van der Waals surface area contributed by atoms with Gasteiger partial charge in [0.25, 0.3) is 0 Å². The number of carbonyl (C=O) groups excluding carboxylic acids is 2. The fourth-order valence-corrected chi connectivity index (χ4v) is 1.14. The molecular formula is C13H25NO5. The molecule has 0 rings (SSSR count). The van der Waals surface area contributed by atoms with Gasteiger partial charge in [-0.1, -0.05) is 0 Å². The van der Waals surface area contributed by atoms with E-state index in [-0.39, 0.29) is 6.61 Å². The van der Waals surface area contributed by atoms with Gasteiger partial charge in [-0.2, -0.15) is 0 Å². The number of aliphatic hydroxyl groups is 1. The third kappa shape index (κ3) is 7.00. The number of hydrogen-bond acceptors (Lipinski definition) is 5. The van der Waals surface area contributed by atoms with Crippen molar-refractivity contribution in [2.24, 2.45) is 0 Å². The minimum absolute atomic E-state index is 0.363. The second-order valence-corrected chi connectivity index (χ2v) is 6.36. The summed E-state index contributed by atoms with van der Waals surface area (Å²) in [6.45, 7) is 11.4. The lowest BCUT2D eigenvalue weighted by Gasteiger charge is -2.31. The van der Waals surface area contributed by atoms with Gasteiger partial charge in [-0.05, 0) is 48.5 Å². The molecule has 112 valence electrons. The summed E-state index contributed by atoms with van der Waals surface area (Å²) in [6.07, 6.45) is -1.66. The number of carbonyl (C=O) groups is 2. The Hall–Kier alpha value is -1.30. The summed E-state index contributed by atoms with van der Waals surface area (Å²) < 4.78 is 10.3. The Labute approximate surface area is 114 Å². The molecule has 1 atom stereocenters. The molecule has 0 fully saturated rings. The Morgan fingerprint density at radius 2 is 1.32 bits per heavy atom. The first kappa shape index (κ1) is 17.7. The SMILES string of the molecule is C[C@@H](CO)N(C(=O)OC(C)(C)C)C(=O)OC(C)(C)C. The zero-order valence-electron chi connectivity index (χ0n) is 12.8. The van der Waals surface area contributed by atoms with E-state index in [1.165, 1.54) is 6.92 Å². The lowest BCUT2D eigenvalue weighted by atomic mass is 10.2. The lowest BCUT2D eigenvalue weighted by molar-refractivity contribution is -0.0108. The minimum Gasteiger partial charge on any atom is -0.443 e. The average molecular weight is 275 g/mol. The zero-order chi connectivity index (χ0) is 15.4. The van der Waals surface area contributed by atoms with Gasteiger partial charge in [0.2, 0.25) is 0 Å². The molecule has 6 nitrogen and oxygen atoms in total. The summed E-state index contributed by atoms with van der Waals surface area (Å²) in [5, 5.41) is 9.14. The van der Waals surface area contributed by atoms with E-state index in [0.717, 1.165) is 4.90 Å². The highest BCUT2D eigenvalue weighted by atomic mass is 16.6. The summed E-state index contributed by atoms with van der Waals surface area (Å²) >= 11 is 0. The number of nitrogens with zero attached hydrogens (tertiary/aromatic N) is 1. The molecule has 1 N–H and O–H groups in total. The molecule has 19 heavy (non-hydrogen) atoms. The van der Waals surface area contributed by atoms with Crippen molar-refractivity contribution in [1.82, 2.24) is 4.90 Å². The van der Waals surface area contributed by atoms with E-state index in [2.05, 4.69) is 0 Å². The summed E-state index contributed by atoms with van der Waals surface area (Å²) in [5.74, 6) is 0. The third-order valence-electron chi connectivity index (χ3n) is 1.89. The molecule has 0 aromatic heterocycles. The average Bonchev–Trinajstić information content (AvgIpc) is 2.11. The largest absolute Gasteiger partial charge is 0.443 e. The van der Waals surface area contributed by atoms with Crippen LogP contribution in [0.3, 0.4) is 0 Å². The molecule has 0 heterocycles. The van der Waals surface area contributed by atoms with Gasteiger partial charge in [0.1, 0.15) is 11.2 Å². The van der Waals surface area contributed by atoms with Gasteiger partial charge < -0.3 is 14.6 Å². The molecule has 0 aliphatic rings. The normalized spacial score (nSPS) is 13.7. The molecule has 0 aliphatic carbocycles. The lowest BCUT2D eigenvalue weighted by Crippen LogP contribution is -2.49. The number of hydrogen-bond donors (Lipinski definition) is 1. The number of imide groups is 1. The predicted octanol–water partition coefficient (Wildman–Crippen LogP) is 2.54. The Morgan fingerprint density at radius 3 is 1.53 bits per heavy atom. The van der Waals surface area contributed by atoms with Gasteiger partial charge in [0, 0.05) is 0 Å². The van der Waals surface area contributed by atoms with Crippen LogP contribution in [0.2, 0.25) is 0 Å². The molecule has 6 heteroatoms. The summed E-state index contributed by atoms with van der Waals surface area (Å²) in [5.41, 5.74) is -1.46. The molecule has 0 radical (unpaired) electrons. The Morgan fingerprint density at radius 1 is 1.00 bits per heavy atom. The summed E-state index contributed by atoms with van der Waals surface area (Å²) in [6, 6.07) is -0.718. The van der Waals surface area contributed by atoms with Crippen LogP contribution in [0.25, 0.3) is 0 Å². The Kier molecular flexibility index (Phi) is 5.81. The molecule has 2 amide bonds. The van der Waals surface area contributed by atoms with Gasteiger partial charge in [-0.25, -0.2) is 14.5 Å². The summed E-state index contributed by atoms with van der Waals surface area (Å²) in [4.78, 5) is 24.7. The van der Waals surface area contributed by atoms with Crippen molar-refractivity contribution in [1.29, 1.82) is 0 Å². The highest BCUT2D eigenvalue weighted by Gasteiger charge is 2.34. The van der Waals surface area contributed by atoms with Crippen molar-refractivity contribution in [2.75, 3.05) is 6.61 Å². The smallest absolute Gasteiger partial charge is 0.420 e. The number of amides is 2.